The molecule has 1 saturated carbocycles. The summed E-state index contributed by atoms with van der Waals surface area (Å²) in [5, 5.41) is 3.14. The van der Waals surface area contributed by atoms with Crippen molar-refractivity contribution < 1.29 is 22.4 Å². The van der Waals surface area contributed by atoms with E-state index in [1.165, 1.54) is 23.1 Å². The Kier molecular flexibility index (Phi) is 9.58. The summed E-state index contributed by atoms with van der Waals surface area (Å²) < 4.78 is 40.5. The van der Waals surface area contributed by atoms with Gasteiger partial charge in [0.2, 0.25) is 21.8 Å². The van der Waals surface area contributed by atoms with Gasteiger partial charge < -0.3 is 10.2 Å². The predicted octanol–water partition coefficient (Wildman–Crippen LogP) is 4.60. The van der Waals surface area contributed by atoms with E-state index >= 15 is 0 Å². The van der Waals surface area contributed by atoms with Gasteiger partial charge in [-0.15, -0.1) is 0 Å². The topological polar surface area (TPSA) is 86.8 Å². The van der Waals surface area contributed by atoms with Crippen LogP contribution in [0, 0.1) is 12.7 Å². The SMILES string of the molecule is Cc1cccc(CN(C(=O)CN(c2cccc(F)c2)S(C)(=O)=O)[C@@H](Cc2ccccc2)C(=O)NC2CCCC2)c1. The highest BCUT2D eigenvalue weighted by Crippen LogP contribution is 2.23. The summed E-state index contributed by atoms with van der Waals surface area (Å²) in [5.41, 5.74) is 2.73. The van der Waals surface area contributed by atoms with Gasteiger partial charge in [-0.05, 0) is 49.1 Å². The first-order chi connectivity index (χ1) is 19.1. The van der Waals surface area contributed by atoms with Gasteiger partial charge in [-0.1, -0.05) is 79.1 Å². The van der Waals surface area contributed by atoms with Crippen LogP contribution in [0.5, 0.6) is 0 Å². The van der Waals surface area contributed by atoms with E-state index in [-0.39, 0.29) is 30.6 Å². The number of rotatable bonds is 11. The van der Waals surface area contributed by atoms with Crippen molar-refractivity contribution in [1.29, 1.82) is 0 Å². The van der Waals surface area contributed by atoms with Crippen LogP contribution in [0.3, 0.4) is 0 Å². The molecule has 0 radical (unpaired) electrons. The lowest BCUT2D eigenvalue weighted by Gasteiger charge is -2.34. The first kappa shape index (κ1) is 29.3. The van der Waals surface area contributed by atoms with Gasteiger partial charge in [-0.25, -0.2) is 12.8 Å². The number of aryl methyl sites for hydroxylation is 1. The Hall–Kier alpha value is -3.72. The van der Waals surface area contributed by atoms with Crippen LogP contribution in [0.25, 0.3) is 0 Å². The molecule has 0 aliphatic heterocycles. The van der Waals surface area contributed by atoms with Crippen molar-refractivity contribution in [1.82, 2.24) is 10.2 Å². The molecule has 1 N–H and O–H groups in total. The number of nitrogens with zero attached hydrogens (tertiary/aromatic N) is 2. The van der Waals surface area contributed by atoms with Gasteiger partial charge in [0, 0.05) is 19.0 Å². The van der Waals surface area contributed by atoms with E-state index in [0.29, 0.717) is 0 Å². The van der Waals surface area contributed by atoms with Gasteiger partial charge in [0.05, 0.1) is 11.9 Å². The summed E-state index contributed by atoms with van der Waals surface area (Å²) in [6, 6.07) is 21.4. The van der Waals surface area contributed by atoms with Gasteiger partial charge in [-0.3, -0.25) is 13.9 Å². The van der Waals surface area contributed by atoms with E-state index in [1.807, 2.05) is 61.5 Å². The van der Waals surface area contributed by atoms with Crippen LogP contribution < -0.4 is 9.62 Å². The zero-order valence-corrected chi connectivity index (χ0v) is 23.7. The zero-order valence-electron chi connectivity index (χ0n) is 22.9. The predicted molar refractivity (Wildman–Crippen MR) is 155 cm³/mol. The van der Waals surface area contributed by atoms with Crippen molar-refractivity contribution >= 4 is 27.5 Å². The van der Waals surface area contributed by atoms with Crippen molar-refractivity contribution in [3.63, 3.8) is 0 Å². The number of halogens is 1. The van der Waals surface area contributed by atoms with E-state index in [9.17, 15) is 22.4 Å². The van der Waals surface area contributed by atoms with E-state index in [4.69, 9.17) is 0 Å². The maximum atomic E-state index is 14.1. The van der Waals surface area contributed by atoms with Crippen molar-refractivity contribution in [2.45, 2.75) is 57.7 Å². The maximum Gasteiger partial charge on any atom is 0.244 e. The van der Waals surface area contributed by atoms with Crippen LogP contribution in [0.15, 0.2) is 78.9 Å². The first-order valence-corrected chi connectivity index (χ1v) is 15.4. The fraction of sp³-hybridized carbons (Fsp3) is 0.355. The molecule has 1 atom stereocenters. The molecule has 0 spiro atoms. The highest BCUT2D eigenvalue weighted by molar-refractivity contribution is 7.92. The number of sulfonamides is 1. The Balaban J connectivity index is 1.72. The summed E-state index contributed by atoms with van der Waals surface area (Å²) in [6.07, 6.45) is 5.09. The van der Waals surface area contributed by atoms with Crippen LogP contribution in [0.1, 0.15) is 42.4 Å². The fourth-order valence-electron chi connectivity index (χ4n) is 5.17. The third-order valence-electron chi connectivity index (χ3n) is 7.18. The molecule has 3 aromatic carbocycles. The molecule has 7 nitrogen and oxygen atoms in total. The summed E-state index contributed by atoms with van der Waals surface area (Å²) in [7, 11) is -3.95. The van der Waals surface area contributed by atoms with E-state index in [1.54, 1.807) is 0 Å². The molecule has 0 bridgehead atoms. The first-order valence-electron chi connectivity index (χ1n) is 13.5. The highest BCUT2D eigenvalue weighted by Gasteiger charge is 2.34. The van der Waals surface area contributed by atoms with Crippen LogP contribution in [0.2, 0.25) is 0 Å². The molecule has 40 heavy (non-hydrogen) atoms. The molecule has 3 aromatic rings. The van der Waals surface area contributed by atoms with Crippen molar-refractivity contribution in [2.24, 2.45) is 0 Å². The van der Waals surface area contributed by atoms with Crippen molar-refractivity contribution in [3.8, 4) is 0 Å². The second kappa shape index (κ2) is 13.1. The number of benzene rings is 3. The number of amides is 2. The van der Waals surface area contributed by atoms with Crippen LogP contribution >= 0.6 is 0 Å². The third kappa shape index (κ3) is 7.91. The fourth-order valence-corrected chi connectivity index (χ4v) is 6.02. The van der Waals surface area contributed by atoms with E-state index in [2.05, 4.69) is 5.32 Å². The van der Waals surface area contributed by atoms with Crippen molar-refractivity contribution in [3.05, 3.63) is 101 Å². The normalized spacial score (nSPS) is 14.5. The molecular formula is C31H36FN3O4S. The summed E-state index contributed by atoms with van der Waals surface area (Å²) in [6.45, 7) is 1.48. The number of anilines is 1. The lowest BCUT2D eigenvalue weighted by atomic mass is 10.0. The molecule has 1 aliphatic carbocycles. The van der Waals surface area contributed by atoms with Gasteiger partial charge in [0.1, 0.15) is 18.4 Å². The van der Waals surface area contributed by atoms with Crippen molar-refractivity contribution in [2.75, 3.05) is 17.1 Å². The van der Waals surface area contributed by atoms with Gasteiger partial charge in [0.25, 0.3) is 0 Å². The Morgan fingerprint density at radius 3 is 2.27 bits per heavy atom. The highest BCUT2D eigenvalue weighted by atomic mass is 32.2. The second-order valence-electron chi connectivity index (χ2n) is 10.5. The summed E-state index contributed by atoms with van der Waals surface area (Å²) in [4.78, 5) is 29.3. The van der Waals surface area contributed by atoms with Crippen LogP contribution in [0.4, 0.5) is 10.1 Å². The lowest BCUT2D eigenvalue weighted by Crippen LogP contribution is -2.54. The third-order valence-corrected chi connectivity index (χ3v) is 8.32. The second-order valence-corrected chi connectivity index (χ2v) is 12.4. The molecule has 0 unspecified atom stereocenters. The molecule has 212 valence electrons. The van der Waals surface area contributed by atoms with E-state index < -0.39 is 34.3 Å². The molecule has 0 saturated heterocycles. The molecule has 4 rings (SSSR count). The average molecular weight is 566 g/mol. The number of carbonyl (C=O) groups is 2. The minimum absolute atomic E-state index is 0.0429. The lowest BCUT2D eigenvalue weighted by molar-refractivity contribution is -0.140. The monoisotopic (exact) mass is 565 g/mol. The molecule has 9 heteroatoms. The van der Waals surface area contributed by atoms with Crippen LogP contribution in [-0.4, -0.2) is 50.0 Å². The Bertz CT molecular complexity index is 1430. The smallest absolute Gasteiger partial charge is 0.244 e. The molecule has 1 aliphatic rings. The molecule has 0 aromatic heterocycles. The Morgan fingerprint density at radius 1 is 0.950 bits per heavy atom. The Morgan fingerprint density at radius 2 is 1.62 bits per heavy atom. The summed E-state index contributed by atoms with van der Waals surface area (Å²) >= 11 is 0. The summed E-state index contributed by atoms with van der Waals surface area (Å²) in [5.74, 6) is -1.44. The van der Waals surface area contributed by atoms with Gasteiger partial charge in [-0.2, -0.15) is 0 Å². The largest absolute Gasteiger partial charge is 0.352 e. The molecule has 1 fully saturated rings. The average Bonchev–Trinajstić information content (AvgIpc) is 3.42. The molecule has 0 heterocycles. The number of carbonyl (C=O) groups excluding carboxylic acids is 2. The minimum atomic E-state index is -3.95. The zero-order chi connectivity index (χ0) is 28.7. The van der Waals surface area contributed by atoms with Crippen LogP contribution in [-0.2, 0) is 32.6 Å². The standard InChI is InChI=1S/C31H36FN3O4S/c1-23-10-8-13-25(18-23)21-34(30(36)22-35(40(2,38)39)28-17-9-14-26(32)20-28)29(19-24-11-4-3-5-12-24)31(37)33-27-15-6-7-16-27/h3-5,8-14,17-18,20,27,29H,6-7,15-16,19,21-22H2,1-2H3,(H,33,37)/t29-/m0/s1. The molecule has 2 amide bonds. The van der Waals surface area contributed by atoms with Gasteiger partial charge >= 0.3 is 0 Å². The maximum absolute atomic E-state index is 14.1. The van der Waals surface area contributed by atoms with E-state index in [0.717, 1.165) is 59.0 Å². The number of hydrogen-bond donors (Lipinski definition) is 1. The number of nitrogens with one attached hydrogen (secondary N) is 1. The minimum Gasteiger partial charge on any atom is -0.352 e. The Labute approximate surface area is 236 Å². The molecular weight excluding hydrogens is 529 g/mol. The van der Waals surface area contributed by atoms with Gasteiger partial charge in [0.15, 0.2) is 0 Å². The quantitative estimate of drug-likeness (QED) is 0.368. The number of hydrogen-bond acceptors (Lipinski definition) is 4.